The van der Waals surface area contributed by atoms with E-state index in [9.17, 15) is 4.39 Å². The quantitative estimate of drug-likeness (QED) is 0.196. The number of rotatable bonds is 10. The van der Waals surface area contributed by atoms with Gasteiger partial charge in [-0.3, -0.25) is 0 Å². The van der Waals surface area contributed by atoms with Gasteiger partial charge in [0.15, 0.2) is 23.2 Å². The highest BCUT2D eigenvalue weighted by atomic mass is 19.2. The second-order valence-electron chi connectivity index (χ2n) is 10.1. The van der Waals surface area contributed by atoms with Gasteiger partial charge in [0.1, 0.15) is 0 Å². The lowest BCUT2D eigenvalue weighted by atomic mass is 9.76. The topological polar surface area (TPSA) is 9.23 Å². The Morgan fingerprint density at radius 1 is 0.784 bits per heavy atom. The fourth-order valence-corrected chi connectivity index (χ4v) is 5.41. The highest BCUT2D eigenvalue weighted by Crippen LogP contribution is 2.40. The van der Waals surface area contributed by atoms with Gasteiger partial charge in [-0.2, -0.15) is 0 Å². The minimum Gasteiger partial charge on any atom is -0.491 e. The van der Waals surface area contributed by atoms with Crippen LogP contribution in [0.15, 0.2) is 54.6 Å². The lowest BCUT2D eigenvalue weighted by molar-refractivity contribution is 0.298. The summed E-state index contributed by atoms with van der Waals surface area (Å²) in [4.78, 5) is 0. The predicted molar refractivity (Wildman–Crippen MR) is 147 cm³/mol. The Bertz CT molecular complexity index is 1190. The van der Waals surface area contributed by atoms with Crippen LogP contribution in [-0.4, -0.2) is 6.61 Å². The minimum atomic E-state index is -0.768. The molecule has 0 radical (unpaired) electrons. The van der Waals surface area contributed by atoms with Crippen LogP contribution in [0.2, 0.25) is 0 Å². The molecule has 37 heavy (non-hydrogen) atoms. The van der Waals surface area contributed by atoms with Crippen molar-refractivity contribution in [1.29, 1.82) is 0 Å². The maximum Gasteiger partial charge on any atom is 0.166 e. The van der Waals surface area contributed by atoms with E-state index in [-0.39, 0.29) is 17.2 Å². The summed E-state index contributed by atoms with van der Waals surface area (Å²) in [6.07, 6.45) is 12.8. The molecule has 0 N–H and O–H groups in total. The number of benzene rings is 3. The molecular weight excluding hydrogens is 469 g/mol. The molecule has 0 unspecified atom stereocenters. The zero-order valence-electron chi connectivity index (χ0n) is 21.9. The summed E-state index contributed by atoms with van der Waals surface area (Å²) in [5.41, 5.74) is 3.02. The SMILES string of the molecule is CCCCCC1CCC(c2ccc(-c3ccc(C=Cc4ccc(OCC)c(F)c4)cc3)c(F)c2F)CC1. The minimum absolute atomic E-state index is 0.103. The maximum atomic E-state index is 15.1. The summed E-state index contributed by atoms with van der Waals surface area (Å²) in [7, 11) is 0. The molecule has 0 aliphatic heterocycles. The maximum absolute atomic E-state index is 15.1. The molecule has 1 fully saturated rings. The van der Waals surface area contributed by atoms with E-state index in [0.29, 0.717) is 23.3 Å². The molecule has 4 rings (SSSR count). The predicted octanol–water partition coefficient (Wildman–Crippen LogP) is 10.2. The molecule has 0 amide bonds. The molecule has 196 valence electrons. The number of hydrogen-bond donors (Lipinski definition) is 0. The summed E-state index contributed by atoms with van der Waals surface area (Å²) < 4.78 is 49.6. The van der Waals surface area contributed by atoms with Gasteiger partial charge in [0.05, 0.1) is 6.61 Å². The zero-order chi connectivity index (χ0) is 26.2. The first-order valence-corrected chi connectivity index (χ1v) is 13.7. The summed E-state index contributed by atoms with van der Waals surface area (Å²) >= 11 is 0. The van der Waals surface area contributed by atoms with Crippen LogP contribution >= 0.6 is 0 Å². The Kier molecular flexibility index (Phi) is 9.49. The molecule has 0 aromatic heterocycles. The molecule has 3 aromatic carbocycles. The zero-order valence-corrected chi connectivity index (χ0v) is 21.9. The van der Waals surface area contributed by atoms with Gasteiger partial charge in [0, 0.05) is 5.56 Å². The van der Waals surface area contributed by atoms with E-state index in [1.165, 1.54) is 31.7 Å². The van der Waals surface area contributed by atoms with Crippen molar-refractivity contribution in [3.05, 3.63) is 88.7 Å². The number of unbranched alkanes of at least 4 members (excludes halogenated alkanes) is 2. The summed E-state index contributed by atoms with van der Waals surface area (Å²) in [6, 6.07) is 15.6. The fourth-order valence-electron chi connectivity index (χ4n) is 5.41. The Hall–Kier alpha value is -3.01. The molecule has 0 heterocycles. The summed E-state index contributed by atoms with van der Waals surface area (Å²) in [5.74, 6) is -0.800. The summed E-state index contributed by atoms with van der Waals surface area (Å²) in [5, 5.41) is 0. The lowest BCUT2D eigenvalue weighted by Crippen LogP contribution is -2.15. The second kappa shape index (κ2) is 13.0. The van der Waals surface area contributed by atoms with E-state index in [4.69, 9.17) is 4.74 Å². The van der Waals surface area contributed by atoms with E-state index in [1.54, 1.807) is 42.5 Å². The summed E-state index contributed by atoms with van der Waals surface area (Å²) in [6.45, 7) is 4.44. The molecule has 1 aliphatic carbocycles. The lowest BCUT2D eigenvalue weighted by Gasteiger charge is -2.29. The smallest absolute Gasteiger partial charge is 0.166 e. The van der Waals surface area contributed by atoms with Gasteiger partial charge in [-0.1, -0.05) is 87.2 Å². The highest BCUT2D eigenvalue weighted by Gasteiger charge is 2.26. The molecule has 0 saturated heterocycles. The van der Waals surface area contributed by atoms with E-state index >= 15 is 8.78 Å². The van der Waals surface area contributed by atoms with Crippen molar-refractivity contribution in [2.24, 2.45) is 5.92 Å². The number of halogens is 3. The van der Waals surface area contributed by atoms with Crippen molar-refractivity contribution in [3.8, 4) is 16.9 Å². The Morgan fingerprint density at radius 3 is 2.16 bits per heavy atom. The van der Waals surface area contributed by atoms with Crippen molar-refractivity contribution in [2.75, 3.05) is 6.61 Å². The van der Waals surface area contributed by atoms with Crippen LogP contribution in [0.4, 0.5) is 13.2 Å². The molecule has 0 atom stereocenters. The van der Waals surface area contributed by atoms with E-state index in [0.717, 1.165) is 37.2 Å². The van der Waals surface area contributed by atoms with Gasteiger partial charge in [0.2, 0.25) is 0 Å². The van der Waals surface area contributed by atoms with E-state index < -0.39 is 17.5 Å². The van der Waals surface area contributed by atoms with Crippen LogP contribution in [0.3, 0.4) is 0 Å². The van der Waals surface area contributed by atoms with Crippen LogP contribution in [0.5, 0.6) is 5.75 Å². The third-order valence-corrected chi connectivity index (χ3v) is 7.56. The molecule has 0 spiro atoms. The van der Waals surface area contributed by atoms with Gasteiger partial charge < -0.3 is 4.74 Å². The Morgan fingerprint density at radius 2 is 1.49 bits per heavy atom. The Balaban J connectivity index is 1.41. The molecule has 1 aliphatic rings. The molecule has 0 bridgehead atoms. The molecule has 1 saturated carbocycles. The average Bonchev–Trinajstić information content (AvgIpc) is 2.91. The second-order valence-corrected chi connectivity index (χ2v) is 10.1. The monoisotopic (exact) mass is 506 g/mol. The van der Waals surface area contributed by atoms with Crippen molar-refractivity contribution < 1.29 is 17.9 Å². The molecule has 1 nitrogen and oxygen atoms in total. The van der Waals surface area contributed by atoms with E-state index in [2.05, 4.69) is 6.92 Å². The first-order valence-electron chi connectivity index (χ1n) is 13.7. The van der Waals surface area contributed by atoms with Crippen LogP contribution < -0.4 is 4.74 Å². The van der Waals surface area contributed by atoms with Crippen molar-refractivity contribution in [1.82, 2.24) is 0 Å². The fraction of sp³-hybridized carbons (Fsp3) is 0.394. The standard InChI is InChI=1S/C33H37F3O/c1-3-5-6-7-23-10-15-26(16-11-23)28-19-20-29(33(36)32(28)35)27-17-12-24(13-18-27)8-9-25-14-21-31(37-4-2)30(34)22-25/h8-9,12-14,17-23,26H,3-7,10-11,15-16H2,1-2H3. The molecule has 4 heteroatoms. The van der Waals surface area contributed by atoms with Crippen LogP contribution in [0.1, 0.15) is 87.8 Å². The molecular formula is C33H37F3O. The van der Waals surface area contributed by atoms with Crippen molar-refractivity contribution in [3.63, 3.8) is 0 Å². The highest BCUT2D eigenvalue weighted by molar-refractivity contribution is 5.72. The van der Waals surface area contributed by atoms with Gasteiger partial charge in [-0.15, -0.1) is 0 Å². The van der Waals surface area contributed by atoms with Crippen molar-refractivity contribution in [2.45, 2.75) is 71.1 Å². The first-order chi connectivity index (χ1) is 18.0. The van der Waals surface area contributed by atoms with Crippen molar-refractivity contribution >= 4 is 12.2 Å². The normalized spacial score (nSPS) is 17.9. The largest absolute Gasteiger partial charge is 0.491 e. The van der Waals surface area contributed by atoms with Crippen LogP contribution in [0.25, 0.3) is 23.3 Å². The number of hydrogen-bond acceptors (Lipinski definition) is 1. The van der Waals surface area contributed by atoms with Crippen LogP contribution in [-0.2, 0) is 0 Å². The van der Waals surface area contributed by atoms with Gasteiger partial charge >= 0.3 is 0 Å². The number of ether oxygens (including phenoxy) is 1. The van der Waals surface area contributed by atoms with Gasteiger partial charge in [0.25, 0.3) is 0 Å². The van der Waals surface area contributed by atoms with E-state index in [1.807, 2.05) is 25.1 Å². The van der Waals surface area contributed by atoms with Gasteiger partial charge in [-0.05, 0) is 78.8 Å². The average molecular weight is 507 g/mol. The molecule has 3 aromatic rings. The van der Waals surface area contributed by atoms with Gasteiger partial charge in [-0.25, -0.2) is 13.2 Å². The third-order valence-electron chi connectivity index (χ3n) is 7.56. The third kappa shape index (κ3) is 6.85. The van der Waals surface area contributed by atoms with Crippen LogP contribution in [0, 0.1) is 23.4 Å². The first kappa shape index (κ1) is 27.0. The Labute approximate surface area is 219 Å².